The van der Waals surface area contributed by atoms with E-state index in [0.717, 1.165) is 25.7 Å². The van der Waals surface area contributed by atoms with Crippen molar-refractivity contribution in [3.8, 4) is 22.3 Å². The molecular formula is C49H41Cl2OSiZr-. The van der Waals surface area contributed by atoms with Gasteiger partial charge in [-0.15, -0.1) is 0 Å². The van der Waals surface area contributed by atoms with Crippen molar-refractivity contribution in [3.05, 3.63) is 216 Å². The summed E-state index contributed by atoms with van der Waals surface area (Å²) in [5.74, 6) is 0. The molecule has 0 aromatic heterocycles. The normalized spacial score (nSPS) is 12.5. The van der Waals surface area contributed by atoms with E-state index in [1.807, 2.05) is 0 Å². The van der Waals surface area contributed by atoms with E-state index in [2.05, 4.69) is 189 Å². The molecule has 0 amide bonds. The molecule has 54 heavy (non-hydrogen) atoms. The summed E-state index contributed by atoms with van der Waals surface area (Å²) >= 11 is -0.826. The van der Waals surface area contributed by atoms with Crippen LogP contribution in [-0.4, -0.2) is 8.32 Å². The molecule has 266 valence electrons. The fraction of sp³-hybridized carbons (Fsp3) is 0.122. The van der Waals surface area contributed by atoms with Crippen LogP contribution in [0, 0.1) is 6.61 Å². The summed E-state index contributed by atoms with van der Waals surface area (Å²) in [4.78, 5) is 0. The molecule has 2 aliphatic rings. The van der Waals surface area contributed by atoms with Crippen molar-refractivity contribution in [3.63, 3.8) is 0 Å². The van der Waals surface area contributed by atoms with Crippen molar-refractivity contribution in [2.45, 2.75) is 38.0 Å². The molecule has 9 rings (SSSR count). The van der Waals surface area contributed by atoms with Crippen LogP contribution in [0.3, 0.4) is 0 Å². The maximum absolute atomic E-state index is 7.36. The first-order valence-corrected chi connectivity index (χ1v) is 26.9. The van der Waals surface area contributed by atoms with Crippen molar-refractivity contribution in [1.29, 1.82) is 0 Å². The molecule has 0 bridgehead atoms. The van der Waals surface area contributed by atoms with Crippen molar-refractivity contribution >= 4 is 40.9 Å². The minimum atomic E-state index is -2.85. The van der Waals surface area contributed by atoms with E-state index in [0.29, 0.717) is 0 Å². The van der Waals surface area contributed by atoms with Gasteiger partial charge in [-0.25, -0.2) is 6.61 Å². The number of halogens is 2. The molecular weight excluding hydrogens is 795 g/mol. The van der Waals surface area contributed by atoms with Crippen LogP contribution in [0.4, 0.5) is 0 Å². The van der Waals surface area contributed by atoms with Gasteiger partial charge in [-0.05, 0) is 84.0 Å². The van der Waals surface area contributed by atoms with E-state index < -0.39 is 29.2 Å². The molecule has 0 saturated heterocycles. The Kier molecular flexibility index (Phi) is 11.3. The van der Waals surface area contributed by atoms with Gasteiger partial charge < -0.3 is 4.43 Å². The topological polar surface area (TPSA) is 9.23 Å². The molecule has 0 fully saturated rings. The fourth-order valence-electron chi connectivity index (χ4n) is 9.02. The first-order chi connectivity index (χ1) is 26.6. The van der Waals surface area contributed by atoms with Crippen LogP contribution in [0.2, 0.25) is 0 Å². The molecule has 0 heterocycles. The molecule has 0 N–H and O–H groups in total. The SMILES string of the molecule is CC(CC[CH-]O[Si](c1ccccc1)(c1ccccc1)c1ccccc1)(c1cccc2c1Cc1ccccc1-2)c1cccc2c1Cc1ccccc1-2.[Cl][Zr][Cl]. The minimum absolute atomic E-state index is 0.239. The van der Waals surface area contributed by atoms with Gasteiger partial charge in [-0.1, -0.05) is 189 Å². The molecule has 5 heteroatoms. The quantitative estimate of drug-likeness (QED) is 0.0577. The Morgan fingerprint density at radius 1 is 0.519 bits per heavy atom. The second kappa shape index (κ2) is 16.5. The average Bonchev–Trinajstić information content (AvgIpc) is 3.81. The van der Waals surface area contributed by atoms with Crippen molar-refractivity contribution in [2.24, 2.45) is 0 Å². The van der Waals surface area contributed by atoms with Crippen molar-refractivity contribution in [1.82, 2.24) is 0 Å². The fourth-order valence-corrected chi connectivity index (χ4v) is 12.8. The van der Waals surface area contributed by atoms with Gasteiger partial charge in [0.2, 0.25) is 0 Å². The van der Waals surface area contributed by atoms with Crippen LogP contribution >= 0.6 is 17.0 Å². The third kappa shape index (κ3) is 6.84. The van der Waals surface area contributed by atoms with Gasteiger partial charge in [0, 0.05) is 5.41 Å². The molecule has 0 saturated carbocycles. The van der Waals surface area contributed by atoms with Gasteiger partial charge >= 0.3 is 37.9 Å². The molecule has 0 spiro atoms. The van der Waals surface area contributed by atoms with Crippen LogP contribution in [0.25, 0.3) is 22.3 Å². The van der Waals surface area contributed by atoms with Gasteiger partial charge in [-0.3, -0.25) is 0 Å². The monoisotopic (exact) mass is 833 g/mol. The zero-order valence-electron chi connectivity index (χ0n) is 30.3. The van der Waals surface area contributed by atoms with Crippen LogP contribution in [0.15, 0.2) is 176 Å². The Bertz CT molecular complexity index is 2170. The van der Waals surface area contributed by atoms with E-state index in [9.17, 15) is 0 Å². The summed E-state index contributed by atoms with van der Waals surface area (Å²) in [6.07, 6.45) is 3.68. The molecule has 1 nitrogen and oxygen atoms in total. The Morgan fingerprint density at radius 3 is 1.31 bits per heavy atom. The first kappa shape index (κ1) is 37.1. The van der Waals surface area contributed by atoms with Gasteiger partial charge in [0.05, 0.1) is 0 Å². The van der Waals surface area contributed by atoms with Gasteiger partial charge in [0.15, 0.2) is 0 Å². The first-order valence-electron chi connectivity index (χ1n) is 18.6. The predicted octanol–water partition coefficient (Wildman–Crippen LogP) is 11.1. The molecule has 0 atom stereocenters. The standard InChI is InChI=1S/C49H41OSi.2ClH.Zr/c1-49(47-30-15-28-43-41-26-13-11-18-36(41)34-45(43)47,48-31-16-29-44-42-27-14-12-19-37(42)35-46(44)48)32-17-33-50-51(38-20-5-2-6-21-38,39-22-7-3-8-23-39)40-24-9-4-10-25-40;;;/h2-16,18-31,33H,17,32,34-35H2,1H3;2*1H;/q-1;;;+2/p-2. The van der Waals surface area contributed by atoms with Gasteiger partial charge in [0.25, 0.3) is 8.32 Å². The number of rotatable bonds is 10. The van der Waals surface area contributed by atoms with Crippen LogP contribution < -0.4 is 15.6 Å². The Hall–Kier alpha value is -3.82. The summed E-state index contributed by atoms with van der Waals surface area (Å²) in [5.41, 5.74) is 13.9. The number of hydrogen-bond donors (Lipinski definition) is 0. The predicted molar refractivity (Wildman–Crippen MR) is 226 cm³/mol. The van der Waals surface area contributed by atoms with Crippen LogP contribution in [0.5, 0.6) is 0 Å². The zero-order valence-corrected chi connectivity index (χ0v) is 35.3. The number of hydrogen-bond acceptors (Lipinski definition) is 1. The summed E-state index contributed by atoms with van der Waals surface area (Å²) < 4.78 is 7.36. The number of fused-ring (bicyclic) bond motifs is 6. The molecule has 0 radical (unpaired) electrons. The average molecular weight is 836 g/mol. The maximum atomic E-state index is 7.36. The summed E-state index contributed by atoms with van der Waals surface area (Å²) in [7, 11) is 7.01. The third-order valence-electron chi connectivity index (χ3n) is 11.5. The van der Waals surface area contributed by atoms with Gasteiger partial charge in [0.1, 0.15) is 0 Å². The van der Waals surface area contributed by atoms with E-state index in [1.54, 1.807) is 0 Å². The van der Waals surface area contributed by atoms with Gasteiger partial charge in [-0.2, -0.15) is 6.42 Å². The van der Waals surface area contributed by atoms with E-state index in [4.69, 9.17) is 21.5 Å². The van der Waals surface area contributed by atoms with E-state index in [-0.39, 0.29) is 5.41 Å². The van der Waals surface area contributed by atoms with E-state index >= 15 is 0 Å². The van der Waals surface area contributed by atoms with Crippen molar-refractivity contribution < 1.29 is 25.3 Å². The van der Waals surface area contributed by atoms with Crippen LogP contribution in [-0.2, 0) is 43.5 Å². The van der Waals surface area contributed by atoms with E-state index in [1.165, 1.54) is 71.2 Å². The number of benzene rings is 7. The molecule has 0 aliphatic heterocycles. The zero-order chi connectivity index (χ0) is 37.0. The molecule has 2 aliphatic carbocycles. The van der Waals surface area contributed by atoms with Crippen LogP contribution in [0.1, 0.15) is 53.1 Å². The Balaban J connectivity index is 0.00000134. The van der Waals surface area contributed by atoms with Crippen molar-refractivity contribution in [2.75, 3.05) is 0 Å². The summed E-state index contributed by atoms with van der Waals surface area (Å²) in [5, 5.41) is 3.75. The molecule has 0 unspecified atom stereocenters. The third-order valence-corrected chi connectivity index (χ3v) is 15.4. The second-order valence-electron chi connectivity index (χ2n) is 14.3. The molecule has 7 aromatic carbocycles. The Labute approximate surface area is 339 Å². The summed E-state index contributed by atoms with van der Waals surface area (Å²) in [6.45, 7) is 4.65. The second-order valence-corrected chi connectivity index (χ2v) is 21.4. The summed E-state index contributed by atoms with van der Waals surface area (Å²) in [6, 6.07) is 64.6. The Morgan fingerprint density at radius 2 is 0.889 bits per heavy atom. The molecule has 7 aromatic rings.